The highest BCUT2D eigenvalue weighted by atomic mass is 32.2. The van der Waals surface area contributed by atoms with Gasteiger partial charge in [0.25, 0.3) is 5.56 Å². The number of carboxylic acid groups (broad SMARTS) is 1. The maximum absolute atomic E-state index is 12.1. The molecule has 104 valence electrons. The zero-order valence-electron chi connectivity index (χ0n) is 10.9. The summed E-state index contributed by atoms with van der Waals surface area (Å²) in [6, 6.07) is 11.3. The molecule has 0 saturated carbocycles. The summed E-state index contributed by atoms with van der Waals surface area (Å²) in [6.07, 6.45) is 0. The van der Waals surface area contributed by atoms with Crippen molar-refractivity contribution < 1.29 is 9.90 Å². The Bertz CT molecular complexity index is 696. The number of aryl methyl sites for hydroxylation is 1. The fraction of sp³-hybridized carbons (Fsp3) is 0.143. The molecule has 1 heterocycles. The quantitative estimate of drug-likeness (QED) is 0.899. The van der Waals surface area contributed by atoms with Gasteiger partial charge in [-0.05, 0) is 25.1 Å². The van der Waals surface area contributed by atoms with E-state index >= 15 is 0 Å². The minimum Gasteiger partial charge on any atom is -0.480 e. The second-order valence-electron chi connectivity index (χ2n) is 4.26. The summed E-state index contributed by atoms with van der Waals surface area (Å²) in [5.41, 5.74) is 6.01. The average Bonchev–Trinajstić information content (AvgIpc) is 2.42. The molecule has 2 rings (SSSR count). The first-order valence-corrected chi connectivity index (χ1v) is 6.75. The molecule has 0 aliphatic heterocycles. The highest BCUT2D eigenvalue weighted by Crippen LogP contribution is 2.30. The predicted octanol–water partition coefficient (Wildman–Crippen LogP) is 1.97. The van der Waals surface area contributed by atoms with Crippen LogP contribution in [0.1, 0.15) is 5.69 Å². The van der Waals surface area contributed by atoms with E-state index in [4.69, 9.17) is 10.8 Å². The van der Waals surface area contributed by atoms with Gasteiger partial charge in [-0.1, -0.05) is 30.0 Å². The minimum atomic E-state index is -1.07. The molecule has 1 aromatic carbocycles. The van der Waals surface area contributed by atoms with Gasteiger partial charge >= 0.3 is 5.97 Å². The van der Waals surface area contributed by atoms with E-state index in [1.54, 1.807) is 13.0 Å². The summed E-state index contributed by atoms with van der Waals surface area (Å²) in [4.78, 5) is 24.5. The number of pyridine rings is 1. The van der Waals surface area contributed by atoms with E-state index < -0.39 is 11.5 Å². The molecular formula is C14H14N2O3S. The topological polar surface area (TPSA) is 85.3 Å². The van der Waals surface area contributed by atoms with Crippen LogP contribution in [0.15, 0.2) is 51.0 Å². The molecule has 2 aromatic rings. The van der Waals surface area contributed by atoms with Gasteiger partial charge in [-0.25, -0.2) is 0 Å². The Balaban J connectivity index is 2.42. The summed E-state index contributed by atoms with van der Waals surface area (Å²) in [5, 5.41) is 8.81. The Morgan fingerprint density at radius 1 is 1.35 bits per heavy atom. The normalized spacial score (nSPS) is 10.4. The number of nitrogen functional groups attached to an aromatic ring is 1. The highest BCUT2D eigenvalue weighted by Gasteiger charge is 2.13. The predicted molar refractivity (Wildman–Crippen MR) is 78.1 cm³/mol. The third-order valence-corrected chi connectivity index (χ3v) is 3.84. The number of carboxylic acids is 1. The smallest absolute Gasteiger partial charge is 0.323 e. The molecule has 0 atom stereocenters. The van der Waals surface area contributed by atoms with Crippen molar-refractivity contribution in [2.24, 2.45) is 0 Å². The summed E-state index contributed by atoms with van der Waals surface area (Å²) >= 11 is 1.38. The molecule has 20 heavy (non-hydrogen) atoms. The number of carbonyl (C=O) groups is 1. The van der Waals surface area contributed by atoms with Crippen LogP contribution in [-0.2, 0) is 11.3 Å². The van der Waals surface area contributed by atoms with Gasteiger partial charge in [0.15, 0.2) is 0 Å². The van der Waals surface area contributed by atoms with Crippen LogP contribution >= 0.6 is 11.8 Å². The summed E-state index contributed by atoms with van der Waals surface area (Å²) in [6.45, 7) is 1.31. The fourth-order valence-corrected chi connectivity index (χ4v) is 2.76. The van der Waals surface area contributed by atoms with Gasteiger partial charge < -0.3 is 10.8 Å². The standard InChI is InChI=1S/C14H14N2O3S/c1-9-7-11(20-10-5-3-2-4-6-10)13(15)14(19)16(9)8-12(17)18/h2-7H,8,15H2,1H3,(H,17,18). The van der Waals surface area contributed by atoms with Crippen LogP contribution in [-0.4, -0.2) is 15.6 Å². The van der Waals surface area contributed by atoms with Crippen LogP contribution in [0.3, 0.4) is 0 Å². The van der Waals surface area contributed by atoms with Gasteiger partial charge in [0, 0.05) is 15.5 Å². The van der Waals surface area contributed by atoms with Crippen molar-refractivity contribution in [2.45, 2.75) is 23.3 Å². The zero-order chi connectivity index (χ0) is 14.7. The first kappa shape index (κ1) is 14.2. The molecule has 0 spiro atoms. The van der Waals surface area contributed by atoms with Gasteiger partial charge in [0.1, 0.15) is 12.2 Å². The van der Waals surface area contributed by atoms with E-state index in [-0.39, 0.29) is 12.2 Å². The number of hydrogen-bond acceptors (Lipinski definition) is 4. The fourth-order valence-electron chi connectivity index (χ4n) is 1.79. The van der Waals surface area contributed by atoms with Crippen molar-refractivity contribution in [2.75, 3.05) is 5.73 Å². The molecule has 0 saturated heterocycles. The number of rotatable bonds is 4. The summed E-state index contributed by atoms with van der Waals surface area (Å²) in [7, 11) is 0. The molecule has 0 aliphatic rings. The van der Waals surface area contributed by atoms with Crippen molar-refractivity contribution in [3.8, 4) is 0 Å². The Labute approximate surface area is 120 Å². The van der Waals surface area contributed by atoms with Gasteiger partial charge in [0.2, 0.25) is 0 Å². The maximum atomic E-state index is 12.1. The summed E-state index contributed by atoms with van der Waals surface area (Å²) in [5.74, 6) is -1.07. The van der Waals surface area contributed by atoms with E-state index in [0.29, 0.717) is 10.6 Å². The molecule has 3 N–H and O–H groups in total. The number of aromatic nitrogens is 1. The highest BCUT2D eigenvalue weighted by molar-refractivity contribution is 7.99. The molecule has 0 radical (unpaired) electrons. The van der Waals surface area contributed by atoms with E-state index in [1.807, 2.05) is 30.3 Å². The van der Waals surface area contributed by atoms with Crippen molar-refractivity contribution in [3.63, 3.8) is 0 Å². The molecule has 0 unspecified atom stereocenters. The van der Waals surface area contributed by atoms with Crippen molar-refractivity contribution >= 4 is 23.4 Å². The van der Waals surface area contributed by atoms with E-state index in [1.165, 1.54) is 11.8 Å². The first-order chi connectivity index (χ1) is 9.49. The Hall–Kier alpha value is -2.21. The Morgan fingerprint density at radius 3 is 2.60 bits per heavy atom. The molecule has 0 bridgehead atoms. The summed E-state index contributed by atoms with van der Waals surface area (Å²) < 4.78 is 1.16. The average molecular weight is 290 g/mol. The van der Waals surface area contributed by atoms with Crippen molar-refractivity contribution in [1.29, 1.82) is 0 Å². The lowest BCUT2D eigenvalue weighted by Crippen LogP contribution is -2.28. The van der Waals surface area contributed by atoms with Crippen molar-refractivity contribution in [3.05, 3.63) is 52.4 Å². The number of nitrogens with two attached hydrogens (primary N) is 1. The van der Waals surface area contributed by atoms with Crippen LogP contribution in [0, 0.1) is 6.92 Å². The number of aliphatic carboxylic acids is 1. The number of anilines is 1. The molecule has 0 amide bonds. The van der Waals surface area contributed by atoms with E-state index in [0.717, 1.165) is 9.46 Å². The maximum Gasteiger partial charge on any atom is 0.323 e. The monoisotopic (exact) mass is 290 g/mol. The lowest BCUT2D eigenvalue weighted by Gasteiger charge is -2.12. The van der Waals surface area contributed by atoms with E-state index in [2.05, 4.69) is 0 Å². The third kappa shape index (κ3) is 3.03. The lowest BCUT2D eigenvalue weighted by molar-refractivity contribution is -0.137. The van der Waals surface area contributed by atoms with Crippen LogP contribution in [0.4, 0.5) is 5.69 Å². The van der Waals surface area contributed by atoms with Gasteiger partial charge in [0.05, 0.1) is 0 Å². The Morgan fingerprint density at radius 2 is 2.00 bits per heavy atom. The van der Waals surface area contributed by atoms with Gasteiger partial charge in [-0.2, -0.15) is 0 Å². The second-order valence-corrected chi connectivity index (χ2v) is 5.38. The van der Waals surface area contributed by atoms with Crippen LogP contribution < -0.4 is 11.3 Å². The SMILES string of the molecule is Cc1cc(Sc2ccccc2)c(N)c(=O)n1CC(=O)O. The molecule has 6 heteroatoms. The van der Waals surface area contributed by atoms with Crippen LogP contribution in [0.25, 0.3) is 0 Å². The molecule has 0 aliphatic carbocycles. The number of benzene rings is 1. The van der Waals surface area contributed by atoms with Gasteiger partial charge in [-0.3, -0.25) is 14.2 Å². The zero-order valence-corrected chi connectivity index (χ0v) is 11.7. The van der Waals surface area contributed by atoms with Crippen LogP contribution in [0.2, 0.25) is 0 Å². The molecule has 5 nitrogen and oxygen atoms in total. The number of nitrogens with zero attached hydrogens (tertiary/aromatic N) is 1. The van der Waals surface area contributed by atoms with E-state index in [9.17, 15) is 9.59 Å². The Kier molecular flexibility index (Phi) is 4.14. The lowest BCUT2D eigenvalue weighted by atomic mass is 10.3. The number of hydrogen-bond donors (Lipinski definition) is 2. The van der Waals surface area contributed by atoms with Gasteiger partial charge in [-0.15, -0.1) is 0 Å². The first-order valence-electron chi connectivity index (χ1n) is 5.93. The minimum absolute atomic E-state index is 0.0747. The third-order valence-electron chi connectivity index (χ3n) is 2.77. The second kappa shape index (κ2) is 5.83. The molecule has 1 aromatic heterocycles. The largest absolute Gasteiger partial charge is 0.480 e. The molecular weight excluding hydrogens is 276 g/mol. The molecule has 0 fully saturated rings. The van der Waals surface area contributed by atoms with Crippen LogP contribution in [0.5, 0.6) is 0 Å². The van der Waals surface area contributed by atoms with Crippen molar-refractivity contribution in [1.82, 2.24) is 4.57 Å².